The first-order valence-corrected chi connectivity index (χ1v) is 6.31. The number of nitrogens with zero attached hydrogens (tertiary/aromatic N) is 2. The Balaban J connectivity index is 2.25. The third kappa shape index (κ3) is 2.99. The van der Waals surface area contributed by atoms with Crippen LogP contribution in [0.3, 0.4) is 0 Å². The zero-order valence-electron chi connectivity index (χ0n) is 10.7. The summed E-state index contributed by atoms with van der Waals surface area (Å²) in [4.78, 5) is 0. The number of aryl methyl sites for hydroxylation is 1. The van der Waals surface area contributed by atoms with E-state index in [0.29, 0.717) is 6.04 Å². The first-order valence-electron chi connectivity index (χ1n) is 5.93. The van der Waals surface area contributed by atoms with Crippen molar-refractivity contribution in [2.45, 2.75) is 26.8 Å². The fourth-order valence-electron chi connectivity index (χ4n) is 1.61. The highest BCUT2D eigenvalue weighted by atomic mass is 35.5. The quantitative estimate of drug-likeness (QED) is 0.910. The smallest absolute Gasteiger partial charge is 0.148 e. The van der Waals surface area contributed by atoms with Gasteiger partial charge in [0.25, 0.3) is 0 Å². The monoisotopic (exact) mass is 261 g/mol. The molecule has 1 aromatic heterocycles. The van der Waals surface area contributed by atoms with Gasteiger partial charge in [0.05, 0.1) is 5.69 Å². The topological polar surface area (TPSA) is 37.8 Å². The molecule has 0 fully saturated rings. The molecule has 1 aromatic carbocycles. The number of nitrogens with one attached hydrogen (secondary N) is 1. The number of rotatable bonds is 3. The Hall–Kier alpha value is -1.61. The van der Waals surface area contributed by atoms with E-state index in [4.69, 9.17) is 11.6 Å². The van der Waals surface area contributed by atoms with Crippen molar-refractivity contribution in [3.63, 3.8) is 0 Å². The molecular formula is C14H16ClN3. The van der Waals surface area contributed by atoms with Crippen LogP contribution in [0.15, 0.2) is 30.3 Å². The highest BCUT2D eigenvalue weighted by Gasteiger charge is 2.04. The predicted molar refractivity (Wildman–Crippen MR) is 76.0 cm³/mol. The van der Waals surface area contributed by atoms with Crippen LogP contribution < -0.4 is 5.32 Å². The lowest BCUT2D eigenvalue weighted by atomic mass is 10.1. The molecule has 1 N–H and O–H groups in total. The van der Waals surface area contributed by atoms with E-state index in [1.54, 1.807) is 0 Å². The van der Waals surface area contributed by atoms with E-state index in [9.17, 15) is 0 Å². The van der Waals surface area contributed by atoms with E-state index in [2.05, 4.69) is 29.4 Å². The fourth-order valence-corrected chi connectivity index (χ4v) is 1.79. The number of aromatic nitrogens is 2. The van der Waals surface area contributed by atoms with Gasteiger partial charge in [-0.05, 0) is 44.5 Å². The molecule has 0 unspecified atom stereocenters. The van der Waals surface area contributed by atoms with Crippen LogP contribution >= 0.6 is 11.6 Å². The molecule has 0 amide bonds. The summed E-state index contributed by atoms with van der Waals surface area (Å²) in [6, 6.07) is 10.1. The van der Waals surface area contributed by atoms with Crippen LogP contribution in [-0.2, 0) is 0 Å². The molecule has 0 aliphatic rings. The molecule has 0 spiro atoms. The number of halogens is 1. The van der Waals surface area contributed by atoms with E-state index < -0.39 is 0 Å². The van der Waals surface area contributed by atoms with Gasteiger partial charge in [-0.15, -0.1) is 10.2 Å². The maximum absolute atomic E-state index is 6.10. The minimum absolute atomic E-state index is 0.346. The molecular weight excluding hydrogens is 246 g/mol. The second kappa shape index (κ2) is 5.36. The molecule has 0 bridgehead atoms. The van der Waals surface area contributed by atoms with Crippen molar-refractivity contribution in [2.24, 2.45) is 0 Å². The summed E-state index contributed by atoms with van der Waals surface area (Å²) >= 11 is 6.10. The lowest BCUT2D eigenvalue weighted by Gasteiger charge is -2.08. The van der Waals surface area contributed by atoms with Gasteiger partial charge in [-0.2, -0.15) is 0 Å². The lowest BCUT2D eigenvalue weighted by Crippen LogP contribution is -2.11. The molecule has 4 heteroatoms. The maximum Gasteiger partial charge on any atom is 0.148 e. The Kier molecular flexibility index (Phi) is 3.82. The summed E-state index contributed by atoms with van der Waals surface area (Å²) in [7, 11) is 0. The van der Waals surface area contributed by atoms with Gasteiger partial charge >= 0.3 is 0 Å². The van der Waals surface area contributed by atoms with Crippen LogP contribution in [0.25, 0.3) is 11.3 Å². The molecule has 0 saturated heterocycles. The van der Waals surface area contributed by atoms with Gasteiger partial charge in [-0.25, -0.2) is 0 Å². The number of hydrogen-bond donors (Lipinski definition) is 1. The van der Waals surface area contributed by atoms with Gasteiger partial charge in [0.15, 0.2) is 0 Å². The molecule has 1 heterocycles. The van der Waals surface area contributed by atoms with E-state index in [-0.39, 0.29) is 0 Å². The third-order valence-electron chi connectivity index (χ3n) is 2.57. The zero-order chi connectivity index (χ0) is 13.1. The molecule has 2 rings (SSSR count). The van der Waals surface area contributed by atoms with E-state index >= 15 is 0 Å². The highest BCUT2D eigenvalue weighted by molar-refractivity contribution is 6.31. The minimum atomic E-state index is 0.346. The van der Waals surface area contributed by atoms with E-state index in [1.165, 1.54) is 0 Å². The summed E-state index contributed by atoms with van der Waals surface area (Å²) in [6.45, 7) is 6.11. The molecule has 0 aliphatic heterocycles. The van der Waals surface area contributed by atoms with Gasteiger partial charge < -0.3 is 5.32 Å². The molecule has 2 aromatic rings. The predicted octanol–water partition coefficient (Wildman–Crippen LogP) is 3.93. The summed E-state index contributed by atoms with van der Waals surface area (Å²) in [5.74, 6) is 0.784. The Labute approximate surface area is 112 Å². The van der Waals surface area contributed by atoms with Crippen LogP contribution in [0.5, 0.6) is 0 Å². The van der Waals surface area contributed by atoms with Crippen molar-refractivity contribution in [3.8, 4) is 11.3 Å². The van der Waals surface area contributed by atoms with Crippen molar-refractivity contribution < 1.29 is 0 Å². The summed E-state index contributed by atoms with van der Waals surface area (Å²) < 4.78 is 0. The van der Waals surface area contributed by atoms with Crippen molar-refractivity contribution >= 4 is 17.4 Å². The number of benzene rings is 1. The average molecular weight is 262 g/mol. The van der Waals surface area contributed by atoms with Crippen molar-refractivity contribution in [1.82, 2.24) is 10.2 Å². The molecule has 0 radical (unpaired) electrons. The SMILES string of the molecule is Cc1ccc(-c2ccc(NC(C)C)nn2)cc1Cl. The lowest BCUT2D eigenvalue weighted by molar-refractivity contribution is 0.874. The molecule has 0 atom stereocenters. The second-order valence-electron chi connectivity index (χ2n) is 4.57. The van der Waals surface area contributed by atoms with Gasteiger partial charge in [0.1, 0.15) is 5.82 Å². The van der Waals surface area contributed by atoms with Crippen LogP contribution in [0.1, 0.15) is 19.4 Å². The van der Waals surface area contributed by atoms with Gasteiger partial charge in [-0.3, -0.25) is 0 Å². The molecule has 3 nitrogen and oxygen atoms in total. The van der Waals surface area contributed by atoms with Gasteiger partial charge in [-0.1, -0.05) is 23.7 Å². The summed E-state index contributed by atoms with van der Waals surface area (Å²) in [5.41, 5.74) is 2.87. The fraction of sp³-hybridized carbons (Fsp3) is 0.286. The van der Waals surface area contributed by atoms with E-state index in [0.717, 1.165) is 27.7 Å². The highest BCUT2D eigenvalue weighted by Crippen LogP contribution is 2.23. The molecule has 0 aliphatic carbocycles. The maximum atomic E-state index is 6.10. The Morgan fingerprint density at radius 3 is 2.44 bits per heavy atom. The largest absolute Gasteiger partial charge is 0.366 e. The summed E-state index contributed by atoms with van der Waals surface area (Å²) in [5, 5.41) is 12.3. The van der Waals surface area contributed by atoms with Crippen LogP contribution in [0, 0.1) is 6.92 Å². The van der Waals surface area contributed by atoms with Crippen molar-refractivity contribution in [2.75, 3.05) is 5.32 Å². The second-order valence-corrected chi connectivity index (χ2v) is 4.97. The van der Waals surface area contributed by atoms with Crippen LogP contribution in [0.2, 0.25) is 5.02 Å². The Bertz CT molecular complexity index is 535. The van der Waals surface area contributed by atoms with Crippen LogP contribution in [0.4, 0.5) is 5.82 Å². The normalized spacial score (nSPS) is 10.7. The number of hydrogen-bond acceptors (Lipinski definition) is 3. The first kappa shape index (κ1) is 12.8. The first-order chi connectivity index (χ1) is 8.56. The van der Waals surface area contributed by atoms with Gasteiger partial charge in [0.2, 0.25) is 0 Å². The van der Waals surface area contributed by atoms with Crippen molar-refractivity contribution in [1.29, 1.82) is 0 Å². The van der Waals surface area contributed by atoms with E-state index in [1.807, 2.05) is 37.3 Å². The average Bonchev–Trinajstić information content (AvgIpc) is 2.33. The van der Waals surface area contributed by atoms with Crippen molar-refractivity contribution in [3.05, 3.63) is 40.9 Å². The third-order valence-corrected chi connectivity index (χ3v) is 2.98. The number of anilines is 1. The minimum Gasteiger partial charge on any atom is -0.366 e. The van der Waals surface area contributed by atoms with Gasteiger partial charge in [0, 0.05) is 16.6 Å². The molecule has 18 heavy (non-hydrogen) atoms. The molecule has 0 saturated carbocycles. The molecule has 94 valence electrons. The zero-order valence-corrected chi connectivity index (χ0v) is 11.5. The standard InChI is InChI=1S/C14H16ClN3/c1-9(2)16-14-7-6-13(17-18-14)11-5-4-10(3)12(15)8-11/h4-9H,1-3H3,(H,16,18). The summed E-state index contributed by atoms with van der Waals surface area (Å²) in [6.07, 6.45) is 0. The van der Waals surface area contributed by atoms with Crippen LogP contribution in [-0.4, -0.2) is 16.2 Å². The Morgan fingerprint density at radius 1 is 1.11 bits per heavy atom. The Morgan fingerprint density at radius 2 is 1.89 bits per heavy atom.